The van der Waals surface area contributed by atoms with E-state index in [0.29, 0.717) is 5.92 Å². The Bertz CT molecular complexity index is 303. The lowest BCUT2D eigenvalue weighted by Gasteiger charge is -2.15. The summed E-state index contributed by atoms with van der Waals surface area (Å²) in [4.78, 5) is 2.56. The Morgan fingerprint density at radius 2 is 2.07 bits per heavy atom. The van der Waals surface area contributed by atoms with Gasteiger partial charge in [0.15, 0.2) is 0 Å². The highest BCUT2D eigenvalue weighted by Crippen LogP contribution is 2.30. The molecule has 0 aliphatic heterocycles. The van der Waals surface area contributed by atoms with Crippen LogP contribution < -0.4 is 0 Å². The lowest BCUT2D eigenvalue weighted by atomic mass is 9.95. The van der Waals surface area contributed by atoms with Gasteiger partial charge in [0.1, 0.15) is 0 Å². The second kappa shape index (κ2) is 5.66. The Labute approximate surface area is 97.2 Å². The molecule has 0 aromatic carbocycles. The van der Waals surface area contributed by atoms with Gasteiger partial charge in [-0.15, -0.1) is 11.3 Å². The highest BCUT2D eigenvalue weighted by molar-refractivity contribution is 7.12. The topological polar surface area (TPSA) is 20.2 Å². The Kier molecular flexibility index (Phi) is 4.81. The fourth-order valence-corrected chi connectivity index (χ4v) is 3.08. The molecule has 0 spiro atoms. The monoisotopic (exact) mass is 226 g/mol. The van der Waals surface area contributed by atoms with Crippen molar-refractivity contribution in [3.8, 4) is 0 Å². The van der Waals surface area contributed by atoms with Gasteiger partial charge < -0.3 is 5.11 Å². The van der Waals surface area contributed by atoms with Crippen molar-refractivity contribution in [1.82, 2.24) is 0 Å². The van der Waals surface area contributed by atoms with Crippen molar-refractivity contribution in [3.63, 3.8) is 0 Å². The van der Waals surface area contributed by atoms with Gasteiger partial charge in [-0.1, -0.05) is 26.7 Å². The van der Waals surface area contributed by atoms with Crippen LogP contribution in [0.3, 0.4) is 0 Å². The molecule has 15 heavy (non-hydrogen) atoms. The maximum absolute atomic E-state index is 10.1. The third-order valence-corrected chi connectivity index (χ3v) is 3.83. The molecule has 1 rings (SSSR count). The number of aliphatic hydroxyl groups excluding tert-OH is 1. The number of rotatable bonds is 5. The summed E-state index contributed by atoms with van der Waals surface area (Å²) in [6.07, 6.45) is 3.04. The molecular formula is C13H22OS. The summed E-state index contributed by atoms with van der Waals surface area (Å²) in [7, 11) is 0. The van der Waals surface area contributed by atoms with Gasteiger partial charge in [-0.05, 0) is 37.8 Å². The molecule has 1 heterocycles. The molecule has 2 unspecified atom stereocenters. The van der Waals surface area contributed by atoms with E-state index in [4.69, 9.17) is 0 Å². The standard InChI is InChI=1S/C13H22OS/c1-5-6-9(2)7-13(14)12-8-10(3)15-11(12)4/h8-9,13-14H,5-7H2,1-4H3. The van der Waals surface area contributed by atoms with Crippen LogP contribution in [0.2, 0.25) is 0 Å². The van der Waals surface area contributed by atoms with E-state index in [2.05, 4.69) is 33.8 Å². The summed E-state index contributed by atoms with van der Waals surface area (Å²) in [6, 6.07) is 2.13. The molecule has 86 valence electrons. The molecule has 0 saturated carbocycles. The van der Waals surface area contributed by atoms with E-state index < -0.39 is 0 Å². The lowest BCUT2D eigenvalue weighted by molar-refractivity contribution is 0.145. The quantitative estimate of drug-likeness (QED) is 0.797. The highest BCUT2D eigenvalue weighted by atomic mass is 32.1. The van der Waals surface area contributed by atoms with E-state index in [9.17, 15) is 5.11 Å². The maximum Gasteiger partial charge on any atom is 0.0803 e. The number of aryl methyl sites for hydroxylation is 2. The molecule has 1 aromatic rings. The third-order valence-electron chi connectivity index (χ3n) is 2.85. The van der Waals surface area contributed by atoms with Gasteiger partial charge in [0.25, 0.3) is 0 Å². The van der Waals surface area contributed by atoms with Crippen molar-refractivity contribution in [3.05, 3.63) is 21.4 Å². The number of hydrogen-bond acceptors (Lipinski definition) is 2. The SMILES string of the molecule is CCCC(C)CC(O)c1cc(C)sc1C. The van der Waals surface area contributed by atoms with Crippen LogP contribution in [0, 0.1) is 19.8 Å². The summed E-state index contributed by atoms with van der Waals surface area (Å²) < 4.78 is 0. The summed E-state index contributed by atoms with van der Waals surface area (Å²) >= 11 is 1.78. The normalized spacial score (nSPS) is 15.3. The largest absolute Gasteiger partial charge is 0.388 e. The van der Waals surface area contributed by atoms with Gasteiger partial charge in [0.05, 0.1) is 6.10 Å². The minimum absolute atomic E-state index is 0.267. The van der Waals surface area contributed by atoms with Crippen molar-refractivity contribution in [2.75, 3.05) is 0 Å². The van der Waals surface area contributed by atoms with Gasteiger partial charge in [-0.2, -0.15) is 0 Å². The first-order valence-electron chi connectivity index (χ1n) is 5.79. The molecule has 0 aliphatic rings. The first-order chi connectivity index (χ1) is 7.04. The first-order valence-corrected chi connectivity index (χ1v) is 6.61. The van der Waals surface area contributed by atoms with Crippen LogP contribution in [0.1, 0.15) is 54.5 Å². The lowest BCUT2D eigenvalue weighted by Crippen LogP contribution is -2.04. The van der Waals surface area contributed by atoms with Crippen LogP contribution in [-0.2, 0) is 0 Å². The van der Waals surface area contributed by atoms with Crippen molar-refractivity contribution < 1.29 is 5.11 Å². The first kappa shape index (κ1) is 12.7. The molecule has 0 aliphatic carbocycles. The molecular weight excluding hydrogens is 204 g/mol. The molecule has 2 atom stereocenters. The Hall–Kier alpha value is -0.340. The second-order valence-electron chi connectivity index (χ2n) is 4.51. The fraction of sp³-hybridized carbons (Fsp3) is 0.692. The summed E-state index contributed by atoms with van der Waals surface area (Å²) in [5.41, 5.74) is 1.14. The Morgan fingerprint density at radius 1 is 1.40 bits per heavy atom. The zero-order valence-corrected chi connectivity index (χ0v) is 11.0. The van der Waals surface area contributed by atoms with E-state index in [1.54, 1.807) is 11.3 Å². The highest BCUT2D eigenvalue weighted by Gasteiger charge is 2.15. The number of aliphatic hydroxyl groups is 1. The predicted molar refractivity (Wildman–Crippen MR) is 67.4 cm³/mol. The number of thiophene rings is 1. The van der Waals surface area contributed by atoms with Gasteiger partial charge in [0.2, 0.25) is 0 Å². The van der Waals surface area contributed by atoms with Crippen molar-refractivity contribution in [2.24, 2.45) is 5.92 Å². The molecule has 1 aromatic heterocycles. The molecule has 2 heteroatoms. The fourth-order valence-electron chi connectivity index (χ4n) is 2.10. The molecule has 0 amide bonds. The molecule has 0 fully saturated rings. The second-order valence-corrected chi connectivity index (χ2v) is 5.97. The predicted octanol–water partition coefficient (Wildman–Crippen LogP) is 4.22. The average molecular weight is 226 g/mol. The molecule has 0 radical (unpaired) electrons. The molecule has 0 bridgehead atoms. The minimum Gasteiger partial charge on any atom is -0.388 e. The molecule has 0 saturated heterocycles. The molecule has 1 N–H and O–H groups in total. The Morgan fingerprint density at radius 3 is 2.53 bits per heavy atom. The van der Waals surface area contributed by atoms with Gasteiger partial charge in [-0.3, -0.25) is 0 Å². The van der Waals surface area contributed by atoms with Crippen molar-refractivity contribution in [1.29, 1.82) is 0 Å². The van der Waals surface area contributed by atoms with E-state index in [1.807, 2.05) is 0 Å². The zero-order valence-electron chi connectivity index (χ0n) is 10.2. The van der Waals surface area contributed by atoms with Crippen molar-refractivity contribution >= 4 is 11.3 Å². The Balaban J connectivity index is 2.60. The zero-order chi connectivity index (χ0) is 11.4. The van der Waals surface area contributed by atoms with Crippen LogP contribution in [-0.4, -0.2) is 5.11 Å². The van der Waals surface area contributed by atoms with Crippen molar-refractivity contribution in [2.45, 2.75) is 53.1 Å². The maximum atomic E-state index is 10.1. The smallest absolute Gasteiger partial charge is 0.0803 e. The summed E-state index contributed by atoms with van der Waals surface area (Å²) in [6.45, 7) is 8.62. The van der Waals surface area contributed by atoms with Crippen LogP contribution in [0.5, 0.6) is 0 Å². The van der Waals surface area contributed by atoms with Gasteiger partial charge >= 0.3 is 0 Å². The van der Waals surface area contributed by atoms with E-state index in [1.165, 1.54) is 22.6 Å². The number of hydrogen-bond donors (Lipinski definition) is 1. The summed E-state index contributed by atoms with van der Waals surface area (Å²) in [5, 5.41) is 10.1. The van der Waals surface area contributed by atoms with Crippen LogP contribution in [0.4, 0.5) is 0 Å². The minimum atomic E-state index is -0.267. The van der Waals surface area contributed by atoms with Gasteiger partial charge in [-0.25, -0.2) is 0 Å². The van der Waals surface area contributed by atoms with Crippen LogP contribution >= 0.6 is 11.3 Å². The van der Waals surface area contributed by atoms with E-state index in [-0.39, 0.29) is 6.10 Å². The van der Waals surface area contributed by atoms with Gasteiger partial charge in [0, 0.05) is 9.75 Å². The van der Waals surface area contributed by atoms with E-state index >= 15 is 0 Å². The molecule has 1 nitrogen and oxygen atoms in total. The average Bonchev–Trinajstić information content (AvgIpc) is 2.45. The third kappa shape index (κ3) is 3.62. The van der Waals surface area contributed by atoms with E-state index in [0.717, 1.165) is 12.0 Å². The summed E-state index contributed by atoms with van der Waals surface area (Å²) in [5.74, 6) is 0.615. The van der Waals surface area contributed by atoms with Crippen LogP contribution in [0.15, 0.2) is 6.07 Å². The van der Waals surface area contributed by atoms with Crippen LogP contribution in [0.25, 0.3) is 0 Å².